The van der Waals surface area contributed by atoms with Crippen molar-refractivity contribution >= 4 is 39.8 Å². The van der Waals surface area contributed by atoms with Crippen LogP contribution in [0, 0.1) is 0 Å². The van der Waals surface area contributed by atoms with Gasteiger partial charge in [0, 0.05) is 0 Å². The number of thiophene rings is 1. The van der Waals surface area contributed by atoms with Crippen LogP contribution in [0.2, 0.25) is 0 Å². The van der Waals surface area contributed by atoms with E-state index in [9.17, 15) is 4.79 Å². The summed E-state index contributed by atoms with van der Waals surface area (Å²) >= 11 is 3.62. The standard InChI is InChI=1S/C4H4S.C2H4INO/c1-2-4-5-3-1;3-1-2(4)5/h1-4H;1H2,(H2,4,5). The van der Waals surface area contributed by atoms with Crippen molar-refractivity contribution in [2.45, 2.75) is 0 Å². The number of alkyl halides is 1. The molecule has 0 aliphatic rings. The quantitative estimate of drug-likeness (QED) is 0.611. The van der Waals surface area contributed by atoms with Crippen molar-refractivity contribution in [3.05, 3.63) is 22.9 Å². The van der Waals surface area contributed by atoms with Gasteiger partial charge in [0.1, 0.15) is 0 Å². The second-order valence-corrected chi connectivity index (χ2v) is 2.97. The third kappa shape index (κ3) is 7.90. The Balaban J connectivity index is 0.000000162. The smallest absolute Gasteiger partial charge is 0.227 e. The highest BCUT2D eigenvalue weighted by molar-refractivity contribution is 14.1. The van der Waals surface area contributed by atoms with Crippen molar-refractivity contribution in [2.24, 2.45) is 5.73 Å². The van der Waals surface area contributed by atoms with Crippen LogP contribution in [0.1, 0.15) is 0 Å². The molecular weight excluding hydrogens is 261 g/mol. The third-order valence-corrected chi connectivity index (χ3v) is 1.94. The van der Waals surface area contributed by atoms with Crippen molar-refractivity contribution < 1.29 is 4.79 Å². The van der Waals surface area contributed by atoms with Gasteiger partial charge in [0.05, 0.1) is 4.43 Å². The number of carbonyl (C=O) groups is 1. The monoisotopic (exact) mass is 269 g/mol. The molecule has 0 aromatic carbocycles. The average Bonchev–Trinajstić information content (AvgIpc) is 2.43. The van der Waals surface area contributed by atoms with Gasteiger partial charge in [-0.2, -0.15) is 11.3 Å². The van der Waals surface area contributed by atoms with Gasteiger partial charge in [-0.05, 0) is 10.8 Å². The van der Waals surface area contributed by atoms with Gasteiger partial charge >= 0.3 is 0 Å². The summed E-state index contributed by atoms with van der Waals surface area (Å²) < 4.78 is 0.414. The first-order valence-corrected chi connectivity index (χ1v) is 5.05. The minimum absolute atomic E-state index is 0.259. The Hall–Kier alpha value is -0.100. The van der Waals surface area contributed by atoms with Crippen LogP contribution in [0.4, 0.5) is 0 Å². The van der Waals surface area contributed by atoms with E-state index >= 15 is 0 Å². The van der Waals surface area contributed by atoms with E-state index in [4.69, 9.17) is 0 Å². The molecule has 1 aromatic heterocycles. The summed E-state index contributed by atoms with van der Waals surface area (Å²) in [6, 6.07) is 4.04. The van der Waals surface area contributed by atoms with Crippen molar-refractivity contribution in [3.8, 4) is 0 Å². The van der Waals surface area contributed by atoms with Gasteiger partial charge in [0.25, 0.3) is 0 Å². The Labute approximate surface area is 77.6 Å². The highest BCUT2D eigenvalue weighted by atomic mass is 127. The van der Waals surface area contributed by atoms with E-state index in [1.165, 1.54) is 0 Å². The first-order chi connectivity index (χ1) is 4.77. The number of rotatable bonds is 1. The predicted molar refractivity (Wildman–Crippen MR) is 52.4 cm³/mol. The molecular formula is C6H8INOS. The molecule has 0 bridgehead atoms. The average molecular weight is 269 g/mol. The minimum atomic E-state index is -0.259. The van der Waals surface area contributed by atoms with E-state index in [0.29, 0.717) is 4.43 Å². The lowest BCUT2D eigenvalue weighted by Crippen LogP contribution is -2.10. The van der Waals surface area contributed by atoms with Crippen LogP contribution in [-0.2, 0) is 4.79 Å². The fourth-order valence-electron chi connectivity index (χ4n) is 0.227. The van der Waals surface area contributed by atoms with Crippen molar-refractivity contribution in [2.75, 3.05) is 4.43 Å². The number of carbonyl (C=O) groups excluding carboxylic acids is 1. The molecule has 0 aliphatic carbocycles. The van der Waals surface area contributed by atoms with Gasteiger partial charge in [0.15, 0.2) is 0 Å². The molecule has 4 heteroatoms. The Morgan fingerprint density at radius 2 is 1.90 bits per heavy atom. The van der Waals surface area contributed by atoms with Crippen LogP contribution in [0.25, 0.3) is 0 Å². The summed E-state index contributed by atoms with van der Waals surface area (Å²) in [5.41, 5.74) is 4.65. The third-order valence-electron chi connectivity index (χ3n) is 0.557. The van der Waals surface area contributed by atoms with E-state index < -0.39 is 0 Å². The number of primary amides is 1. The summed E-state index contributed by atoms with van der Waals surface area (Å²) in [6.45, 7) is 0. The van der Waals surface area contributed by atoms with Crippen molar-refractivity contribution in [1.29, 1.82) is 0 Å². The van der Waals surface area contributed by atoms with E-state index in [0.717, 1.165) is 0 Å². The summed E-state index contributed by atoms with van der Waals surface area (Å²) in [6.07, 6.45) is 0. The number of halogens is 1. The Morgan fingerprint density at radius 3 is 2.00 bits per heavy atom. The van der Waals surface area contributed by atoms with Crippen molar-refractivity contribution in [3.63, 3.8) is 0 Å². The van der Waals surface area contributed by atoms with Gasteiger partial charge in [-0.3, -0.25) is 4.79 Å². The summed E-state index contributed by atoms with van der Waals surface area (Å²) in [5.74, 6) is -0.259. The largest absolute Gasteiger partial charge is 0.369 e. The maximum absolute atomic E-state index is 9.58. The molecule has 0 aliphatic heterocycles. The highest BCUT2D eigenvalue weighted by Gasteiger charge is 1.79. The Morgan fingerprint density at radius 1 is 1.50 bits per heavy atom. The molecule has 2 N–H and O–H groups in total. The second kappa shape index (κ2) is 7.01. The van der Waals surface area contributed by atoms with Gasteiger partial charge in [0.2, 0.25) is 5.91 Å². The molecule has 2 nitrogen and oxygen atoms in total. The Kier molecular flexibility index (Phi) is 6.94. The predicted octanol–water partition coefficient (Wildman–Crippen LogP) is 1.65. The van der Waals surface area contributed by atoms with Crippen molar-refractivity contribution in [1.82, 2.24) is 0 Å². The fourth-order valence-corrected chi connectivity index (χ4v) is 0.680. The molecule has 1 aromatic rings. The lowest BCUT2D eigenvalue weighted by atomic mass is 10.7. The molecule has 0 spiro atoms. The minimum Gasteiger partial charge on any atom is -0.369 e. The molecule has 0 saturated heterocycles. The van der Waals surface area contributed by atoms with Crippen LogP contribution in [-0.4, -0.2) is 10.3 Å². The zero-order valence-electron chi connectivity index (χ0n) is 5.29. The Bertz CT molecular complexity index is 147. The fraction of sp³-hybridized carbons (Fsp3) is 0.167. The van der Waals surface area contributed by atoms with Gasteiger partial charge < -0.3 is 5.73 Å². The van der Waals surface area contributed by atoms with E-state index in [1.54, 1.807) is 11.3 Å². The molecule has 0 unspecified atom stereocenters. The van der Waals surface area contributed by atoms with Crippen LogP contribution in [0.5, 0.6) is 0 Å². The number of hydrogen-bond acceptors (Lipinski definition) is 2. The van der Waals surface area contributed by atoms with Gasteiger partial charge in [-0.25, -0.2) is 0 Å². The molecule has 10 heavy (non-hydrogen) atoms. The molecule has 1 rings (SSSR count). The molecule has 0 atom stereocenters. The lowest BCUT2D eigenvalue weighted by Gasteiger charge is -1.71. The van der Waals surface area contributed by atoms with Crippen LogP contribution in [0.3, 0.4) is 0 Å². The van der Waals surface area contributed by atoms with Gasteiger partial charge in [-0.15, -0.1) is 0 Å². The van der Waals surface area contributed by atoms with Crippen LogP contribution < -0.4 is 5.73 Å². The molecule has 0 radical (unpaired) electrons. The van der Waals surface area contributed by atoms with Crippen LogP contribution in [0.15, 0.2) is 22.9 Å². The first-order valence-electron chi connectivity index (χ1n) is 2.59. The zero-order chi connectivity index (χ0) is 7.82. The van der Waals surface area contributed by atoms with E-state index in [1.807, 2.05) is 45.5 Å². The summed E-state index contributed by atoms with van der Waals surface area (Å²) in [4.78, 5) is 9.58. The zero-order valence-corrected chi connectivity index (χ0v) is 8.26. The second-order valence-electron chi connectivity index (χ2n) is 1.39. The van der Waals surface area contributed by atoms with Crippen LogP contribution >= 0.6 is 33.9 Å². The maximum atomic E-state index is 9.58. The summed E-state index contributed by atoms with van der Waals surface area (Å²) in [7, 11) is 0. The number of amides is 1. The number of nitrogens with two attached hydrogens (primary N) is 1. The van der Waals surface area contributed by atoms with E-state index in [-0.39, 0.29) is 5.91 Å². The number of hydrogen-bond donors (Lipinski definition) is 1. The SMILES string of the molecule is NC(=O)CI.c1ccsc1. The molecule has 1 heterocycles. The normalized spacial score (nSPS) is 7.70. The van der Waals surface area contributed by atoms with E-state index in [2.05, 4.69) is 5.73 Å². The lowest BCUT2D eigenvalue weighted by molar-refractivity contribution is -0.115. The molecule has 1 amide bonds. The molecule has 0 saturated carbocycles. The first kappa shape index (κ1) is 9.90. The maximum Gasteiger partial charge on any atom is 0.227 e. The topological polar surface area (TPSA) is 43.1 Å². The van der Waals surface area contributed by atoms with Gasteiger partial charge in [-0.1, -0.05) is 34.7 Å². The molecule has 0 fully saturated rings. The summed E-state index contributed by atoms with van der Waals surface area (Å²) in [5, 5.41) is 4.08. The highest BCUT2D eigenvalue weighted by Crippen LogP contribution is 1.91. The molecule has 56 valence electrons.